The third-order valence-electron chi connectivity index (χ3n) is 3.82. The first-order valence-electron chi connectivity index (χ1n) is 7.42. The van der Waals surface area contributed by atoms with Crippen LogP contribution in [0.3, 0.4) is 0 Å². The number of ether oxygens (including phenoxy) is 1. The number of fused-ring (bicyclic) bond motifs is 1. The number of aromatic nitrogens is 1. The van der Waals surface area contributed by atoms with E-state index >= 15 is 0 Å². The van der Waals surface area contributed by atoms with Gasteiger partial charge in [0.05, 0.1) is 12.9 Å². The molecule has 0 aliphatic heterocycles. The number of aromatic amines is 1. The Morgan fingerprint density at radius 3 is 2.68 bits per heavy atom. The van der Waals surface area contributed by atoms with E-state index in [2.05, 4.69) is 9.71 Å². The van der Waals surface area contributed by atoms with Crippen LogP contribution in [0.2, 0.25) is 0 Å². The summed E-state index contributed by atoms with van der Waals surface area (Å²) in [6.07, 6.45) is 2.55. The van der Waals surface area contributed by atoms with Gasteiger partial charge < -0.3 is 9.72 Å². The monoisotopic (exact) mass is 324 g/mol. The van der Waals surface area contributed by atoms with E-state index in [4.69, 9.17) is 4.74 Å². The number of benzene rings is 1. The molecule has 0 saturated carbocycles. The lowest BCUT2D eigenvalue weighted by Crippen LogP contribution is -2.37. The molecule has 0 atom stereocenters. The maximum Gasteiger partial charge on any atom is 0.211 e. The van der Waals surface area contributed by atoms with Crippen LogP contribution in [0.5, 0.6) is 5.75 Å². The van der Waals surface area contributed by atoms with Gasteiger partial charge in [-0.15, -0.1) is 0 Å². The molecule has 0 radical (unpaired) electrons. The lowest BCUT2D eigenvalue weighted by Gasteiger charge is -2.25. The van der Waals surface area contributed by atoms with Crippen molar-refractivity contribution in [3.8, 4) is 5.75 Å². The highest BCUT2D eigenvalue weighted by molar-refractivity contribution is 7.89. The SMILES string of the molecule is CCCS(=O)(=O)NCC(C)(C)c1c[nH]c2ccc(OC)cc12. The van der Waals surface area contributed by atoms with Gasteiger partial charge in [0.15, 0.2) is 0 Å². The normalized spacial score (nSPS) is 12.7. The van der Waals surface area contributed by atoms with E-state index in [1.807, 2.05) is 45.2 Å². The van der Waals surface area contributed by atoms with Crippen molar-refractivity contribution < 1.29 is 13.2 Å². The summed E-state index contributed by atoms with van der Waals surface area (Å²) in [7, 11) is -1.57. The summed E-state index contributed by atoms with van der Waals surface area (Å²) in [5.74, 6) is 0.945. The van der Waals surface area contributed by atoms with Crippen molar-refractivity contribution in [3.63, 3.8) is 0 Å². The van der Waals surface area contributed by atoms with Crippen LogP contribution in [0.15, 0.2) is 24.4 Å². The van der Waals surface area contributed by atoms with Crippen LogP contribution in [0.4, 0.5) is 0 Å². The summed E-state index contributed by atoms with van der Waals surface area (Å²) in [5, 5.41) is 1.05. The van der Waals surface area contributed by atoms with Crippen molar-refractivity contribution in [2.24, 2.45) is 0 Å². The van der Waals surface area contributed by atoms with E-state index in [-0.39, 0.29) is 11.2 Å². The zero-order valence-electron chi connectivity index (χ0n) is 13.6. The van der Waals surface area contributed by atoms with Crippen LogP contribution in [0.25, 0.3) is 10.9 Å². The van der Waals surface area contributed by atoms with Gasteiger partial charge >= 0.3 is 0 Å². The van der Waals surface area contributed by atoms with Gasteiger partial charge in [0, 0.05) is 29.1 Å². The molecule has 0 saturated heterocycles. The van der Waals surface area contributed by atoms with Gasteiger partial charge in [0.2, 0.25) is 10.0 Å². The summed E-state index contributed by atoms with van der Waals surface area (Å²) in [5.41, 5.74) is 1.76. The first kappa shape index (κ1) is 16.8. The molecule has 2 rings (SSSR count). The average molecular weight is 324 g/mol. The minimum Gasteiger partial charge on any atom is -0.497 e. The summed E-state index contributed by atoms with van der Waals surface area (Å²) in [6, 6.07) is 5.85. The van der Waals surface area contributed by atoms with Crippen molar-refractivity contribution in [2.45, 2.75) is 32.6 Å². The molecule has 5 nitrogen and oxygen atoms in total. The minimum atomic E-state index is -3.21. The van der Waals surface area contributed by atoms with E-state index in [1.54, 1.807) is 7.11 Å². The van der Waals surface area contributed by atoms with Gasteiger partial charge in [-0.2, -0.15) is 0 Å². The Hall–Kier alpha value is -1.53. The van der Waals surface area contributed by atoms with Crippen LogP contribution in [0, 0.1) is 0 Å². The molecule has 0 unspecified atom stereocenters. The summed E-state index contributed by atoms with van der Waals surface area (Å²) in [6.45, 7) is 6.28. The third kappa shape index (κ3) is 3.62. The highest BCUT2D eigenvalue weighted by Gasteiger charge is 2.26. The van der Waals surface area contributed by atoms with Crippen LogP contribution >= 0.6 is 0 Å². The summed E-state index contributed by atoms with van der Waals surface area (Å²) >= 11 is 0. The highest BCUT2D eigenvalue weighted by Crippen LogP contribution is 2.32. The van der Waals surface area contributed by atoms with Gasteiger partial charge in [0.25, 0.3) is 0 Å². The predicted molar refractivity (Wildman–Crippen MR) is 90.0 cm³/mol. The second kappa shape index (κ2) is 6.30. The fraction of sp³-hybridized carbons (Fsp3) is 0.500. The third-order valence-corrected chi connectivity index (χ3v) is 5.35. The molecule has 0 aliphatic carbocycles. The Morgan fingerprint density at radius 1 is 1.32 bits per heavy atom. The predicted octanol–water partition coefficient (Wildman–Crippen LogP) is 2.78. The molecule has 1 aromatic heterocycles. The molecule has 6 heteroatoms. The quantitative estimate of drug-likeness (QED) is 0.822. The van der Waals surface area contributed by atoms with Gasteiger partial charge in [-0.25, -0.2) is 13.1 Å². The van der Waals surface area contributed by atoms with Gasteiger partial charge in [-0.05, 0) is 30.2 Å². The maximum atomic E-state index is 11.9. The van der Waals surface area contributed by atoms with Crippen molar-refractivity contribution in [2.75, 3.05) is 19.4 Å². The lowest BCUT2D eigenvalue weighted by atomic mass is 9.84. The molecule has 0 aliphatic rings. The Balaban J connectivity index is 2.29. The van der Waals surface area contributed by atoms with E-state index in [0.717, 1.165) is 22.2 Å². The summed E-state index contributed by atoms with van der Waals surface area (Å²) < 4.78 is 31.7. The molecule has 1 aromatic carbocycles. The van der Waals surface area contributed by atoms with Gasteiger partial charge in [-0.1, -0.05) is 20.8 Å². The smallest absolute Gasteiger partial charge is 0.211 e. The standard InChI is InChI=1S/C16H24N2O3S/c1-5-8-22(19,20)18-11-16(2,3)14-10-17-15-7-6-12(21-4)9-13(14)15/h6-7,9-10,17-18H,5,8,11H2,1-4H3. The molecule has 0 fully saturated rings. The minimum absolute atomic E-state index is 0.158. The number of sulfonamides is 1. The molecule has 122 valence electrons. The Bertz CT molecular complexity index is 748. The molecular weight excluding hydrogens is 300 g/mol. The number of H-pyrrole nitrogens is 1. The van der Waals surface area contributed by atoms with Crippen LogP contribution < -0.4 is 9.46 Å². The zero-order chi connectivity index (χ0) is 16.4. The Labute approximate surface area is 132 Å². The first-order valence-corrected chi connectivity index (χ1v) is 9.07. The lowest BCUT2D eigenvalue weighted by molar-refractivity contribution is 0.415. The largest absolute Gasteiger partial charge is 0.497 e. The van der Waals surface area contributed by atoms with Crippen molar-refractivity contribution in [1.29, 1.82) is 0 Å². The van der Waals surface area contributed by atoms with E-state index in [0.29, 0.717) is 13.0 Å². The van der Waals surface area contributed by atoms with E-state index in [1.165, 1.54) is 0 Å². The molecule has 2 aromatic rings. The van der Waals surface area contributed by atoms with E-state index in [9.17, 15) is 8.42 Å². The zero-order valence-corrected chi connectivity index (χ0v) is 14.4. The molecule has 1 heterocycles. The number of hydrogen-bond donors (Lipinski definition) is 2. The van der Waals surface area contributed by atoms with E-state index < -0.39 is 10.0 Å². The second-order valence-corrected chi connectivity index (χ2v) is 8.06. The number of hydrogen-bond acceptors (Lipinski definition) is 3. The molecule has 0 bridgehead atoms. The van der Waals surface area contributed by atoms with Crippen LogP contribution in [0.1, 0.15) is 32.8 Å². The molecule has 2 N–H and O–H groups in total. The van der Waals surface area contributed by atoms with Gasteiger partial charge in [0.1, 0.15) is 5.75 Å². The fourth-order valence-electron chi connectivity index (χ4n) is 2.51. The number of methoxy groups -OCH3 is 1. The van der Waals surface area contributed by atoms with Crippen molar-refractivity contribution >= 4 is 20.9 Å². The molecule has 0 spiro atoms. The molecular formula is C16H24N2O3S. The van der Waals surface area contributed by atoms with Gasteiger partial charge in [-0.3, -0.25) is 0 Å². The Kier molecular flexibility index (Phi) is 4.82. The second-order valence-electron chi connectivity index (χ2n) is 6.14. The maximum absolute atomic E-state index is 11.9. The molecule has 0 amide bonds. The number of rotatable bonds is 7. The van der Waals surface area contributed by atoms with Crippen LogP contribution in [-0.4, -0.2) is 32.8 Å². The van der Waals surface area contributed by atoms with Crippen molar-refractivity contribution in [3.05, 3.63) is 30.0 Å². The Morgan fingerprint density at radius 2 is 2.05 bits per heavy atom. The first-order chi connectivity index (χ1) is 10.3. The molecule has 22 heavy (non-hydrogen) atoms. The fourth-order valence-corrected chi connectivity index (χ4v) is 3.78. The van der Waals surface area contributed by atoms with Crippen LogP contribution in [-0.2, 0) is 15.4 Å². The average Bonchev–Trinajstić information content (AvgIpc) is 2.89. The van der Waals surface area contributed by atoms with Crippen molar-refractivity contribution in [1.82, 2.24) is 9.71 Å². The summed E-state index contributed by atoms with van der Waals surface area (Å²) in [4.78, 5) is 3.24. The number of nitrogens with one attached hydrogen (secondary N) is 2. The highest BCUT2D eigenvalue weighted by atomic mass is 32.2. The topological polar surface area (TPSA) is 71.2 Å².